The maximum atomic E-state index is 11.9. The molecule has 0 spiro atoms. The Morgan fingerprint density at radius 1 is 1.37 bits per heavy atom. The van der Waals surface area contributed by atoms with E-state index in [1.54, 1.807) is 0 Å². The molecule has 2 rings (SSSR count). The van der Waals surface area contributed by atoms with Crippen LogP contribution in [0.2, 0.25) is 0 Å². The number of hydrogen-bond donors (Lipinski definition) is 2. The molecule has 0 aliphatic carbocycles. The minimum Gasteiger partial charge on any atom is -0.368 e. The van der Waals surface area contributed by atoms with Gasteiger partial charge in [0.1, 0.15) is 6.04 Å². The van der Waals surface area contributed by atoms with Crippen LogP contribution in [0.3, 0.4) is 0 Å². The molecule has 1 aliphatic heterocycles. The molecule has 1 aromatic rings. The number of nitrogens with one attached hydrogen (secondary N) is 1. The number of amides is 1. The third-order valence-corrected chi connectivity index (χ3v) is 3.85. The number of rotatable bonds is 3. The number of carbonyl (C=O) groups excluding carboxylic acids is 1. The average Bonchev–Trinajstić information content (AvgIpc) is 2.59. The molecule has 1 unspecified atom stereocenters. The first kappa shape index (κ1) is 14.0. The van der Waals surface area contributed by atoms with E-state index in [0.717, 1.165) is 49.6 Å². The van der Waals surface area contributed by atoms with Gasteiger partial charge in [0.15, 0.2) is 0 Å². The molecule has 1 amide bonds. The molecule has 6 nitrogen and oxygen atoms in total. The molecule has 1 atom stereocenters. The Hall–Kier alpha value is -1.40. The van der Waals surface area contributed by atoms with Crippen LogP contribution in [-0.2, 0) is 11.8 Å². The van der Waals surface area contributed by atoms with Gasteiger partial charge in [-0.15, -0.1) is 0 Å². The highest BCUT2D eigenvalue weighted by Gasteiger charge is 2.30. The minimum atomic E-state index is -0.367. The predicted octanol–water partition coefficient (Wildman–Crippen LogP) is -0.141. The molecule has 0 saturated carbocycles. The largest absolute Gasteiger partial charge is 0.368 e. The summed E-state index contributed by atoms with van der Waals surface area (Å²) < 4.78 is 1.82. The SMILES string of the molecule is Cc1nn(C)c(C)c1C(C(N)=O)N1CCCNCC1. The minimum absolute atomic E-state index is 0.291. The molecule has 1 aliphatic rings. The average molecular weight is 265 g/mol. The number of nitrogens with two attached hydrogens (primary N) is 1. The standard InChI is InChI=1S/C13H23N5O/c1-9-11(10(2)17(3)16-9)12(13(14)19)18-7-4-5-15-6-8-18/h12,15H,4-8H2,1-3H3,(H2,14,19). The number of hydrogen-bond acceptors (Lipinski definition) is 4. The highest BCUT2D eigenvalue weighted by atomic mass is 16.1. The molecule has 19 heavy (non-hydrogen) atoms. The molecule has 1 aromatic heterocycles. The van der Waals surface area contributed by atoms with Crippen LogP contribution in [0.15, 0.2) is 0 Å². The summed E-state index contributed by atoms with van der Waals surface area (Å²) in [6, 6.07) is -0.367. The Bertz CT molecular complexity index is 460. The molecular weight excluding hydrogens is 242 g/mol. The second kappa shape index (κ2) is 5.71. The summed E-state index contributed by atoms with van der Waals surface area (Å²) in [5.41, 5.74) is 8.53. The first-order chi connectivity index (χ1) is 9.02. The van der Waals surface area contributed by atoms with Gasteiger partial charge in [0.25, 0.3) is 0 Å². The monoisotopic (exact) mass is 265 g/mol. The van der Waals surface area contributed by atoms with E-state index < -0.39 is 0 Å². The summed E-state index contributed by atoms with van der Waals surface area (Å²) in [5.74, 6) is -0.291. The van der Waals surface area contributed by atoms with E-state index in [1.807, 2.05) is 25.6 Å². The van der Waals surface area contributed by atoms with Crippen molar-refractivity contribution in [1.29, 1.82) is 0 Å². The lowest BCUT2D eigenvalue weighted by Gasteiger charge is -2.28. The molecule has 0 bridgehead atoms. The van der Waals surface area contributed by atoms with Crippen molar-refractivity contribution in [1.82, 2.24) is 20.0 Å². The van der Waals surface area contributed by atoms with Crippen molar-refractivity contribution in [3.05, 3.63) is 17.0 Å². The highest BCUT2D eigenvalue weighted by molar-refractivity contribution is 5.82. The lowest BCUT2D eigenvalue weighted by atomic mass is 10.0. The second-order valence-electron chi connectivity index (χ2n) is 5.15. The number of aromatic nitrogens is 2. The molecule has 1 fully saturated rings. The van der Waals surface area contributed by atoms with Gasteiger partial charge in [0.2, 0.25) is 5.91 Å². The van der Waals surface area contributed by atoms with Crippen molar-refractivity contribution in [2.45, 2.75) is 26.3 Å². The van der Waals surface area contributed by atoms with Crippen LogP contribution in [-0.4, -0.2) is 46.8 Å². The van der Waals surface area contributed by atoms with Crippen LogP contribution in [0.1, 0.15) is 29.4 Å². The molecule has 0 aromatic carbocycles. The van der Waals surface area contributed by atoms with E-state index in [2.05, 4.69) is 15.3 Å². The van der Waals surface area contributed by atoms with E-state index in [-0.39, 0.29) is 11.9 Å². The summed E-state index contributed by atoms with van der Waals surface area (Å²) in [4.78, 5) is 14.1. The summed E-state index contributed by atoms with van der Waals surface area (Å²) in [6.45, 7) is 7.53. The van der Waals surface area contributed by atoms with Gasteiger partial charge in [-0.25, -0.2) is 0 Å². The van der Waals surface area contributed by atoms with Gasteiger partial charge in [0.05, 0.1) is 5.69 Å². The van der Waals surface area contributed by atoms with Crippen LogP contribution in [0.25, 0.3) is 0 Å². The van der Waals surface area contributed by atoms with E-state index in [9.17, 15) is 4.79 Å². The Morgan fingerprint density at radius 3 is 2.68 bits per heavy atom. The van der Waals surface area contributed by atoms with Crippen LogP contribution in [0, 0.1) is 13.8 Å². The quantitative estimate of drug-likeness (QED) is 0.797. The smallest absolute Gasteiger partial charge is 0.239 e. The van der Waals surface area contributed by atoms with Crippen LogP contribution in [0.4, 0.5) is 0 Å². The molecule has 0 radical (unpaired) electrons. The molecule has 6 heteroatoms. The van der Waals surface area contributed by atoms with Crippen LogP contribution < -0.4 is 11.1 Å². The van der Waals surface area contributed by atoms with Crippen LogP contribution >= 0.6 is 0 Å². The van der Waals surface area contributed by atoms with E-state index in [4.69, 9.17) is 5.73 Å². The molecule has 2 heterocycles. The molecule has 106 valence electrons. The maximum Gasteiger partial charge on any atom is 0.239 e. The zero-order valence-corrected chi connectivity index (χ0v) is 11.9. The fourth-order valence-electron chi connectivity index (χ4n) is 2.82. The van der Waals surface area contributed by atoms with Crippen molar-refractivity contribution in [3.8, 4) is 0 Å². The molecule has 3 N–H and O–H groups in total. The van der Waals surface area contributed by atoms with Gasteiger partial charge in [0, 0.05) is 37.9 Å². The topological polar surface area (TPSA) is 76.2 Å². The predicted molar refractivity (Wildman–Crippen MR) is 73.7 cm³/mol. The number of nitrogens with zero attached hydrogens (tertiary/aromatic N) is 3. The normalized spacial score (nSPS) is 19.1. The fraction of sp³-hybridized carbons (Fsp3) is 0.692. The van der Waals surface area contributed by atoms with E-state index in [0.29, 0.717) is 0 Å². The maximum absolute atomic E-state index is 11.9. The highest BCUT2D eigenvalue weighted by Crippen LogP contribution is 2.26. The summed E-state index contributed by atoms with van der Waals surface area (Å²) >= 11 is 0. The van der Waals surface area contributed by atoms with Gasteiger partial charge in [-0.3, -0.25) is 14.4 Å². The van der Waals surface area contributed by atoms with Crippen molar-refractivity contribution in [3.63, 3.8) is 0 Å². The summed E-state index contributed by atoms with van der Waals surface area (Å²) in [6.07, 6.45) is 1.03. The second-order valence-corrected chi connectivity index (χ2v) is 5.15. The first-order valence-electron chi connectivity index (χ1n) is 6.76. The molecule has 1 saturated heterocycles. The fourth-order valence-corrected chi connectivity index (χ4v) is 2.82. The van der Waals surface area contributed by atoms with Gasteiger partial charge in [-0.05, 0) is 26.8 Å². The van der Waals surface area contributed by atoms with E-state index >= 15 is 0 Å². The lowest BCUT2D eigenvalue weighted by molar-refractivity contribution is -0.123. The van der Waals surface area contributed by atoms with Gasteiger partial charge in [-0.1, -0.05) is 0 Å². The van der Waals surface area contributed by atoms with Crippen molar-refractivity contribution in [2.75, 3.05) is 26.2 Å². The van der Waals surface area contributed by atoms with Crippen molar-refractivity contribution in [2.24, 2.45) is 12.8 Å². The lowest BCUT2D eigenvalue weighted by Crippen LogP contribution is -2.40. The third kappa shape index (κ3) is 2.79. The number of primary amides is 1. The number of carbonyl (C=O) groups is 1. The Labute approximate surface area is 113 Å². The van der Waals surface area contributed by atoms with Crippen molar-refractivity contribution >= 4 is 5.91 Å². The zero-order chi connectivity index (χ0) is 14.0. The zero-order valence-electron chi connectivity index (χ0n) is 11.9. The summed E-state index contributed by atoms with van der Waals surface area (Å²) in [5, 5.41) is 7.74. The van der Waals surface area contributed by atoms with Gasteiger partial charge < -0.3 is 11.1 Å². The van der Waals surface area contributed by atoms with Gasteiger partial charge >= 0.3 is 0 Å². The van der Waals surface area contributed by atoms with Crippen LogP contribution in [0.5, 0.6) is 0 Å². The van der Waals surface area contributed by atoms with E-state index in [1.165, 1.54) is 0 Å². The number of aryl methyl sites for hydroxylation is 2. The molecular formula is C13H23N5O. The first-order valence-corrected chi connectivity index (χ1v) is 6.76. The Morgan fingerprint density at radius 2 is 2.11 bits per heavy atom. The van der Waals surface area contributed by atoms with Gasteiger partial charge in [-0.2, -0.15) is 5.10 Å². The Kier molecular flexibility index (Phi) is 4.21. The summed E-state index contributed by atoms with van der Waals surface area (Å²) in [7, 11) is 1.90. The third-order valence-electron chi connectivity index (χ3n) is 3.85. The van der Waals surface area contributed by atoms with Crippen molar-refractivity contribution < 1.29 is 4.79 Å². The Balaban J connectivity index is 2.36.